The lowest BCUT2D eigenvalue weighted by Crippen LogP contribution is -2.02. The van der Waals surface area contributed by atoms with Gasteiger partial charge >= 0.3 is 0 Å². The van der Waals surface area contributed by atoms with E-state index in [1.54, 1.807) is 0 Å². The molecule has 0 amide bonds. The van der Waals surface area contributed by atoms with Crippen LogP contribution in [0.5, 0.6) is 0 Å². The first-order valence-corrected chi connectivity index (χ1v) is 6.88. The summed E-state index contributed by atoms with van der Waals surface area (Å²) >= 11 is 0. The molecule has 0 fully saturated rings. The number of ketones is 1. The molecule has 3 rings (SSSR count). The molecular formula is C18H16N2O. The SMILES string of the molecule is Cc1ccc2cc(C(=O)c3ccc(CN)cc3)ccc2n1. The second-order valence-electron chi connectivity index (χ2n) is 5.09. The van der Waals surface area contributed by atoms with E-state index >= 15 is 0 Å². The molecular weight excluding hydrogens is 260 g/mol. The number of hydrogen-bond donors (Lipinski definition) is 1. The molecule has 2 aromatic carbocycles. The van der Waals surface area contributed by atoms with Crippen LogP contribution >= 0.6 is 0 Å². The molecule has 2 N–H and O–H groups in total. The second kappa shape index (κ2) is 5.46. The summed E-state index contributed by atoms with van der Waals surface area (Å²) in [6, 6.07) is 17.0. The fourth-order valence-electron chi connectivity index (χ4n) is 2.33. The van der Waals surface area contributed by atoms with Crippen LogP contribution in [0.3, 0.4) is 0 Å². The Kier molecular flexibility index (Phi) is 3.50. The molecule has 1 aromatic heterocycles. The van der Waals surface area contributed by atoms with Crippen molar-refractivity contribution < 1.29 is 4.79 Å². The van der Waals surface area contributed by atoms with Crippen molar-refractivity contribution in [1.82, 2.24) is 4.98 Å². The molecule has 0 aliphatic heterocycles. The van der Waals surface area contributed by atoms with Crippen molar-refractivity contribution in [3.05, 3.63) is 77.0 Å². The Morgan fingerprint density at radius 2 is 1.71 bits per heavy atom. The number of benzene rings is 2. The Balaban J connectivity index is 1.98. The predicted molar refractivity (Wildman–Crippen MR) is 84.2 cm³/mol. The van der Waals surface area contributed by atoms with E-state index in [-0.39, 0.29) is 5.78 Å². The number of nitrogens with zero attached hydrogens (tertiary/aromatic N) is 1. The summed E-state index contributed by atoms with van der Waals surface area (Å²) in [5.74, 6) is 0.0149. The van der Waals surface area contributed by atoms with Crippen molar-refractivity contribution in [3.8, 4) is 0 Å². The Bertz CT molecular complexity index is 807. The minimum absolute atomic E-state index is 0.0149. The van der Waals surface area contributed by atoms with Crippen molar-refractivity contribution in [1.29, 1.82) is 0 Å². The lowest BCUT2D eigenvalue weighted by Gasteiger charge is -2.05. The van der Waals surface area contributed by atoms with Gasteiger partial charge in [0.1, 0.15) is 0 Å². The summed E-state index contributed by atoms with van der Waals surface area (Å²) in [5, 5.41) is 0.977. The van der Waals surface area contributed by atoms with Gasteiger partial charge in [0, 0.05) is 28.8 Å². The van der Waals surface area contributed by atoms with Crippen LogP contribution in [0.2, 0.25) is 0 Å². The van der Waals surface area contributed by atoms with Gasteiger partial charge in [0.15, 0.2) is 5.78 Å². The normalized spacial score (nSPS) is 10.8. The van der Waals surface area contributed by atoms with Gasteiger partial charge < -0.3 is 5.73 Å². The average Bonchev–Trinajstić information content (AvgIpc) is 2.53. The van der Waals surface area contributed by atoms with Crippen LogP contribution in [0.1, 0.15) is 27.2 Å². The number of hydrogen-bond acceptors (Lipinski definition) is 3. The van der Waals surface area contributed by atoms with E-state index in [9.17, 15) is 4.79 Å². The largest absolute Gasteiger partial charge is 0.326 e. The van der Waals surface area contributed by atoms with E-state index in [1.165, 1.54) is 0 Å². The Morgan fingerprint density at radius 3 is 2.43 bits per heavy atom. The topological polar surface area (TPSA) is 56.0 Å². The minimum Gasteiger partial charge on any atom is -0.326 e. The molecule has 3 aromatic rings. The fourth-order valence-corrected chi connectivity index (χ4v) is 2.33. The lowest BCUT2D eigenvalue weighted by atomic mass is 10.0. The Hall–Kier alpha value is -2.52. The van der Waals surface area contributed by atoms with Crippen LogP contribution in [0.15, 0.2) is 54.6 Å². The summed E-state index contributed by atoms with van der Waals surface area (Å²) in [7, 11) is 0. The van der Waals surface area contributed by atoms with Crippen molar-refractivity contribution in [2.75, 3.05) is 0 Å². The summed E-state index contributed by atoms with van der Waals surface area (Å²) in [6.45, 7) is 2.44. The molecule has 0 radical (unpaired) electrons. The Morgan fingerprint density at radius 1 is 1.00 bits per heavy atom. The molecule has 0 aliphatic rings. The molecule has 0 bridgehead atoms. The monoisotopic (exact) mass is 276 g/mol. The van der Waals surface area contributed by atoms with Crippen LogP contribution < -0.4 is 5.73 Å². The predicted octanol–water partition coefficient (Wildman–Crippen LogP) is 3.23. The highest BCUT2D eigenvalue weighted by molar-refractivity contribution is 6.10. The summed E-state index contributed by atoms with van der Waals surface area (Å²) < 4.78 is 0. The van der Waals surface area contributed by atoms with E-state index in [1.807, 2.05) is 61.5 Å². The number of pyridine rings is 1. The zero-order valence-corrected chi connectivity index (χ0v) is 11.8. The first-order chi connectivity index (χ1) is 10.2. The van der Waals surface area contributed by atoms with E-state index in [0.717, 1.165) is 22.2 Å². The molecule has 1 heterocycles. The number of rotatable bonds is 3. The second-order valence-corrected chi connectivity index (χ2v) is 5.09. The van der Waals surface area contributed by atoms with Crippen molar-refractivity contribution in [2.24, 2.45) is 5.73 Å². The molecule has 0 spiro atoms. The highest BCUT2D eigenvalue weighted by Gasteiger charge is 2.10. The average molecular weight is 276 g/mol. The quantitative estimate of drug-likeness (QED) is 0.747. The summed E-state index contributed by atoms with van der Waals surface area (Å²) in [4.78, 5) is 17.0. The van der Waals surface area contributed by atoms with Gasteiger partial charge in [-0.15, -0.1) is 0 Å². The van der Waals surface area contributed by atoms with E-state index in [2.05, 4.69) is 4.98 Å². The summed E-state index contributed by atoms with van der Waals surface area (Å²) in [6.07, 6.45) is 0. The zero-order valence-electron chi connectivity index (χ0n) is 11.8. The van der Waals surface area contributed by atoms with Crippen molar-refractivity contribution in [2.45, 2.75) is 13.5 Å². The van der Waals surface area contributed by atoms with E-state index < -0.39 is 0 Å². The van der Waals surface area contributed by atoms with Crippen LogP contribution in [0.25, 0.3) is 10.9 Å². The van der Waals surface area contributed by atoms with Crippen LogP contribution in [0.4, 0.5) is 0 Å². The molecule has 21 heavy (non-hydrogen) atoms. The Labute approximate surface area is 123 Å². The molecule has 0 aliphatic carbocycles. The van der Waals surface area contributed by atoms with E-state index in [4.69, 9.17) is 5.73 Å². The third-order valence-electron chi connectivity index (χ3n) is 3.54. The molecule has 0 unspecified atom stereocenters. The van der Waals surface area contributed by atoms with E-state index in [0.29, 0.717) is 17.7 Å². The smallest absolute Gasteiger partial charge is 0.193 e. The number of carbonyl (C=O) groups is 1. The standard InChI is InChI=1S/C18H16N2O/c1-12-2-5-15-10-16(8-9-17(15)20-12)18(21)14-6-3-13(11-19)4-7-14/h2-10H,11,19H2,1H3. The fraction of sp³-hybridized carbons (Fsp3) is 0.111. The van der Waals surface area contributed by atoms with Crippen molar-refractivity contribution in [3.63, 3.8) is 0 Å². The first kappa shape index (κ1) is 13.5. The molecule has 0 saturated heterocycles. The third-order valence-corrected chi connectivity index (χ3v) is 3.54. The molecule has 3 heteroatoms. The minimum atomic E-state index is 0.0149. The van der Waals surface area contributed by atoms with Gasteiger partial charge in [-0.25, -0.2) is 0 Å². The maximum absolute atomic E-state index is 12.5. The number of aryl methyl sites for hydroxylation is 1. The molecule has 3 nitrogen and oxygen atoms in total. The number of nitrogens with two attached hydrogens (primary N) is 1. The number of carbonyl (C=O) groups excluding carboxylic acids is 1. The van der Waals surface area contributed by atoms with Crippen LogP contribution in [-0.2, 0) is 6.54 Å². The van der Waals surface area contributed by atoms with Gasteiger partial charge in [0.2, 0.25) is 0 Å². The molecule has 0 saturated carbocycles. The van der Waals surface area contributed by atoms with Crippen LogP contribution in [-0.4, -0.2) is 10.8 Å². The van der Waals surface area contributed by atoms with Crippen LogP contribution in [0, 0.1) is 6.92 Å². The lowest BCUT2D eigenvalue weighted by molar-refractivity contribution is 0.103. The molecule has 0 atom stereocenters. The summed E-state index contributed by atoms with van der Waals surface area (Å²) in [5.41, 5.74) is 9.81. The number of aromatic nitrogens is 1. The van der Waals surface area contributed by atoms with Gasteiger partial charge in [-0.05, 0) is 36.8 Å². The molecule has 104 valence electrons. The first-order valence-electron chi connectivity index (χ1n) is 6.88. The maximum atomic E-state index is 12.5. The number of fused-ring (bicyclic) bond motifs is 1. The zero-order chi connectivity index (χ0) is 14.8. The maximum Gasteiger partial charge on any atom is 0.193 e. The highest BCUT2D eigenvalue weighted by atomic mass is 16.1. The van der Waals surface area contributed by atoms with Gasteiger partial charge in [-0.1, -0.05) is 30.3 Å². The van der Waals surface area contributed by atoms with Gasteiger partial charge in [0.05, 0.1) is 5.52 Å². The van der Waals surface area contributed by atoms with Crippen molar-refractivity contribution >= 4 is 16.7 Å². The third kappa shape index (κ3) is 2.69. The highest BCUT2D eigenvalue weighted by Crippen LogP contribution is 2.18. The van der Waals surface area contributed by atoms with Gasteiger partial charge in [-0.2, -0.15) is 0 Å². The van der Waals surface area contributed by atoms with Gasteiger partial charge in [-0.3, -0.25) is 9.78 Å². The van der Waals surface area contributed by atoms with Gasteiger partial charge in [0.25, 0.3) is 0 Å².